The van der Waals surface area contributed by atoms with Gasteiger partial charge in [0.1, 0.15) is 0 Å². The average Bonchev–Trinajstić information content (AvgIpc) is 2.71. The molecule has 3 rings (SSSR count). The predicted molar refractivity (Wildman–Crippen MR) is 111 cm³/mol. The van der Waals surface area contributed by atoms with Gasteiger partial charge in [0.25, 0.3) is 0 Å². The first-order chi connectivity index (χ1) is 13.2. The van der Waals surface area contributed by atoms with Crippen LogP contribution in [0.1, 0.15) is 38.9 Å². The average molecular weight is 346 g/mol. The van der Waals surface area contributed by atoms with E-state index in [0.29, 0.717) is 11.1 Å². The summed E-state index contributed by atoms with van der Waals surface area (Å²) in [4.78, 5) is 0. The smallest absolute Gasteiger partial charge is 0.0998 e. The fraction of sp³-hybridized carbons (Fsp3) is 0.0400. The summed E-state index contributed by atoms with van der Waals surface area (Å²) in [7, 11) is 0. The molecule has 2 nitrogen and oxygen atoms in total. The molecule has 0 aliphatic carbocycles. The molecule has 0 saturated carbocycles. The largest absolute Gasteiger partial charge is 0.192 e. The Morgan fingerprint density at radius 2 is 1.19 bits per heavy atom. The second-order valence-corrected chi connectivity index (χ2v) is 6.24. The molecule has 0 radical (unpaired) electrons. The number of hydrogen-bond acceptors (Lipinski definition) is 2. The molecule has 0 spiro atoms. The van der Waals surface area contributed by atoms with E-state index in [0.717, 1.165) is 22.3 Å². The van der Waals surface area contributed by atoms with Crippen molar-refractivity contribution >= 4 is 24.3 Å². The van der Waals surface area contributed by atoms with Crippen molar-refractivity contribution in [1.29, 1.82) is 10.5 Å². The van der Waals surface area contributed by atoms with Crippen molar-refractivity contribution in [3.05, 3.63) is 106 Å². The van der Waals surface area contributed by atoms with Crippen LogP contribution in [0.3, 0.4) is 0 Å². The molecule has 0 aliphatic heterocycles. The third-order valence-electron chi connectivity index (χ3n) is 4.21. The molecule has 27 heavy (non-hydrogen) atoms. The minimum atomic E-state index is 0.546. The maximum atomic E-state index is 9.54. The topological polar surface area (TPSA) is 47.6 Å². The van der Waals surface area contributed by atoms with Crippen molar-refractivity contribution in [3.63, 3.8) is 0 Å². The molecule has 0 saturated heterocycles. The summed E-state index contributed by atoms with van der Waals surface area (Å²) < 4.78 is 0. The highest BCUT2D eigenvalue weighted by atomic mass is 14.3. The van der Waals surface area contributed by atoms with Crippen molar-refractivity contribution in [1.82, 2.24) is 0 Å². The molecule has 128 valence electrons. The van der Waals surface area contributed by atoms with E-state index in [9.17, 15) is 10.5 Å². The Balaban J connectivity index is 1.96. The molecule has 3 aromatic rings. The second-order valence-electron chi connectivity index (χ2n) is 6.24. The molecule has 3 aromatic carbocycles. The van der Waals surface area contributed by atoms with Gasteiger partial charge in [0.05, 0.1) is 23.3 Å². The van der Waals surface area contributed by atoms with Gasteiger partial charge < -0.3 is 0 Å². The van der Waals surface area contributed by atoms with Gasteiger partial charge in [0.15, 0.2) is 0 Å². The number of rotatable bonds is 4. The summed E-state index contributed by atoms with van der Waals surface area (Å²) in [5.41, 5.74) is 5.86. The minimum Gasteiger partial charge on any atom is -0.192 e. The molecule has 0 heterocycles. The van der Waals surface area contributed by atoms with E-state index in [-0.39, 0.29) is 0 Å². The zero-order chi connectivity index (χ0) is 19.1. The van der Waals surface area contributed by atoms with E-state index in [1.54, 1.807) is 12.1 Å². The molecule has 0 amide bonds. The second kappa shape index (κ2) is 8.48. The number of hydrogen-bond donors (Lipinski definition) is 0. The summed E-state index contributed by atoms with van der Waals surface area (Å²) in [5, 5.41) is 19.1. The molecule has 0 aromatic heterocycles. The Labute approximate surface area is 160 Å². The van der Waals surface area contributed by atoms with Crippen LogP contribution in [0.2, 0.25) is 0 Å². The Bertz CT molecular complexity index is 1090. The number of benzene rings is 3. The minimum absolute atomic E-state index is 0.546. The maximum absolute atomic E-state index is 9.54. The molecular weight excluding hydrogens is 328 g/mol. The van der Waals surface area contributed by atoms with E-state index in [4.69, 9.17) is 0 Å². The van der Waals surface area contributed by atoms with Crippen LogP contribution in [0.5, 0.6) is 0 Å². The van der Waals surface area contributed by atoms with Crippen LogP contribution in [-0.4, -0.2) is 0 Å². The lowest BCUT2D eigenvalue weighted by molar-refractivity contribution is 1.43. The summed E-state index contributed by atoms with van der Waals surface area (Å²) >= 11 is 0. The molecule has 2 heteroatoms. The van der Waals surface area contributed by atoms with Crippen LogP contribution in [0.4, 0.5) is 0 Å². The fourth-order valence-corrected chi connectivity index (χ4v) is 2.81. The van der Waals surface area contributed by atoms with Gasteiger partial charge >= 0.3 is 0 Å². The van der Waals surface area contributed by atoms with Gasteiger partial charge in [0, 0.05) is 0 Å². The lowest BCUT2D eigenvalue weighted by Gasteiger charge is -2.04. The van der Waals surface area contributed by atoms with Gasteiger partial charge in [-0.1, -0.05) is 84.5 Å². The normalized spacial score (nSPS) is 10.8. The highest BCUT2D eigenvalue weighted by molar-refractivity contribution is 5.78. The van der Waals surface area contributed by atoms with Crippen molar-refractivity contribution in [3.8, 4) is 12.1 Å². The van der Waals surface area contributed by atoms with Gasteiger partial charge in [-0.2, -0.15) is 10.5 Å². The van der Waals surface area contributed by atoms with Gasteiger partial charge in [-0.15, -0.1) is 0 Å². The third kappa shape index (κ3) is 4.60. The molecule has 0 fully saturated rings. The van der Waals surface area contributed by atoms with Crippen molar-refractivity contribution in [2.24, 2.45) is 0 Å². The Morgan fingerprint density at radius 1 is 0.630 bits per heavy atom. The Kier molecular flexibility index (Phi) is 5.63. The lowest BCUT2D eigenvalue weighted by atomic mass is 9.97. The van der Waals surface area contributed by atoms with Crippen LogP contribution in [0.25, 0.3) is 24.3 Å². The summed E-state index contributed by atoms with van der Waals surface area (Å²) in [6, 6.07) is 26.0. The van der Waals surface area contributed by atoms with E-state index in [1.807, 2.05) is 79.8 Å². The van der Waals surface area contributed by atoms with E-state index >= 15 is 0 Å². The van der Waals surface area contributed by atoms with Gasteiger partial charge in [-0.25, -0.2) is 0 Å². The number of aryl methyl sites for hydroxylation is 1. The maximum Gasteiger partial charge on any atom is 0.0998 e. The first kappa shape index (κ1) is 17.9. The summed E-state index contributed by atoms with van der Waals surface area (Å²) in [6.45, 7) is 2.04. The zero-order valence-electron chi connectivity index (χ0n) is 15.1. The van der Waals surface area contributed by atoms with Crippen LogP contribution >= 0.6 is 0 Å². The van der Waals surface area contributed by atoms with Crippen molar-refractivity contribution in [2.75, 3.05) is 0 Å². The Morgan fingerprint density at radius 3 is 1.74 bits per heavy atom. The number of nitriles is 2. The van der Waals surface area contributed by atoms with Crippen LogP contribution < -0.4 is 0 Å². The third-order valence-corrected chi connectivity index (χ3v) is 4.21. The summed E-state index contributed by atoms with van der Waals surface area (Å²) in [5.74, 6) is 0. The van der Waals surface area contributed by atoms with E-state index in [1.165, 1.54) is 5.56 Å². The first-order valence-electron chi connectivity index (χ1n) is 8.66. The fourth-order valence-electron chi connectivity index (χ4n) is 2.81. The molecule has 0 N–H and O–H groups in total. The highest BCUT2D eigenvalue weighted by Gasteiger charge is 2.06. The molecule has 0 atom stereocenters. The van der Waals surface area contributed by atoms with Crippen LogP contribution in [0.15, 0.2) is 66.7 Å². The van der Waals surface area contributed by atoms with Gasteiger partial charge in [-0.3, -0.25) is 0 Å². The van der Waals surface area contributed by atoms with Gasteiger partial charge in [-0.05, 0) is 41.3 Å². The van der Waals surface area contributed by atoms with Crippen LogP contribution in [-0.2, 0) is 0 Å². The van der Waals surface area contributed by atoms with Gasteiger partial charge in [0.2, 0.25) is 0 Å². The quantitative estimate of drug-likeness (QED) is 0.538. The summed E-state index contributed by atoms with van der Waals surface area (Å²) in [6.07, 6.45) is 7.67. The van der Waals surface area contributed by atoms with Crippen LogP contribution in [0, 0.1) is 29.6 Å². The predicted octanol–water partition coefficient (Wildman–Crippen LogP) is 6.08. The molecule has 0 aliphatic rings. The zero-order valence-corrected chi connectivity index (χ0v) is 15.1. The Hall–Kier alpha value is -3.88. The molecule has 0 bridgehead atoms. The SMILES string of the molecule is Cc1cccc(/C=C/c2cc(C#N)c(/C=C/c3ccccc3)cc2C#N)c1. The number of nitrogens with zero attached hydrogens (tertiary/aromatic N) is 2. The standard InChI is InChI=1S/C25H18N2/c1-19-6-5-9-21(14-19)11-13-23-16-24(17-26)22(15-25(23)18-27)12-10-20-7-3-2-4-8-20/h2-16H,1H3/b12-10+,13-11+. The lowest BCUT2D eigenvalue weighted by Crippen LogP contribution is -1.90. The monoisotopic (exact) mass is 346 g/mol. The van der Waals surface area contributed by atoms with E-state index in [2.05, 4.69) is 18.2 Å². The molecule has 0 unspecified atom stereocenters. The van der Waals surface area contributed by atoms with Crippen molar-refractivity contribution in [2.45, 2.75) is 6.92 Å². The molecular formula is C25H18N2. The van der Waals surface area contributed by atoms with E-state index < -0.39 is 0 Å². The van der Waals surface area contributed by atoms with Crippen molar-refractivity contribution < 1.29 is 0 Å². The first-order valence-corrected chi connectivity index (χ1v) is 8.66. The highest BCUT2D eigenvalue weighted by Crippen LogP contribution is 2.21.